The molecule has 0 N–H and O–H groups in total. The van der Waals surface area contributed by atoms with Gasteiger partial charge in [-0.15, -0.1) is 0 Å². The van der Waals surface area contributed by atoms with E-state index in [1.54, 1.807) is 7.11 Å². The maximum atomic E-state index is 5.26. The predicted octanol–water partition coefficient (Wildman–Crippen LogP) is 3.17. The minimum atomic E-state index is 0.945. The lowest BCUT2D eigenvalue weighted by Gasteiger charge is -2.15. The molecular weight excluding hydrogens is 186 g/mol. The van der Waals surface area contributed by atoms with Crippen molar-refractivity contribution in [2.24, 2.45) is 0 Å². The molecule has 15 heavy (non-hydrogen) atoms. The number of hydrogen-bond donors (Lipinski definition) is 0. The molecule has 0 aliphatic heterocycles. The molecule has 0 saturated heterocycles. The van der Waals surface area contributed by atoms with Crippen LogP contribution in [0.4, 0.5) is 0 Å². The summed E-state index contributed by atoms with van der Waals surface area (Å²) in [5, 5.41) is 0. The van der Waals surface area contributed by atoms with Crippen molar-refractivity contribution in [2.45, 2.75) is 27.3 Å². The number of benzene rings is 1. The van der Waals surface area contributed by atoms with Crippen LogP contribution in [0.3, 0.4) is 0 Å². The highest BCUT2D eigenvalue weighted by Gasteiger charge is 2.02. The van der Waals surface area contributed by atoms with Crippen molar-refractivity contribution in [3.63, 3.8) is 0 Å². The fourth-order valence-electron chi connectivity index (χ4n) is 1.24. The average molecular weight is 209 g/mol. The van der Waals surface area contributed by atoms with Gasteiger partial charge in [0.2, 0.25) is 0 Å². The molecule has 2 heteroatoms. The lowest BCUT2D eigenvalue weighted by Crippen LogP contribution is -2.17. The fourth-order valence-corrected chi connectivity index (χ4v) is 1.24. The second kappa shape index (κ2) is 8.30. The number of para-hydroxylation sites is 1. The Morgan fingerprint density at radius 2 is 1.80 bits per heavy atom. The van der Waals surface area contributed by atoms with Gasteiger partial charge in [-0.05, 0) is 19.7 Å². The maximum Gasteiger partial charge on any atom is 0.123 e. The van der Waals surface area contributed by atoms with Crippen LogP contribution in [0.15, 0.2) is 24.3 Å². The van der Waals surface area contributed by atoms with Gasteiger partial charge in [0.05, 0.1) is 7.11 Å². The highest BCUT2D eigenvalue weighted by molar-refractivity contribution is 5.32. The predicted molar refractivity (Wildman–Crippen MR) is 66.4 cm³/mol. The van der Waals surface area contributed by atoms with E-state index in [1.165, 1.54) is 5.56 Å². The monoisotopic (exact) mass is 209 g/mol. The largest absolute Gasteiger partial charge is 0.496 e. The van der Waals surface area contributed by atoms with E-state index in [1.807, 2.05) is 32.0 Å². The van der Waals surface area contributed by atoms with Gasteiger partial charge in [-0.1, -0.05) is 39.0 Å². The Balaban J connectivity index is 0.000000921. The van der Waals surface area contributed by atoms with Crippen LogP contribution in [-0.4, -0.2) is 25.6 Å². The van der Waals surface area contributed by atoms with E-state index in [-0.39, 0.29) is 0 Å². The normalized spacial score (nSPS) is 9.47. The molecule has 1 rings (SSSR count). The van der Waals surface area contributed by atoms with E-state index in [0.717, 1.165) is 18.8 Å². The Labute approximate surface area is 93.9 Å². The van der Waals surface area contributed by atoms with Gasteiger partial charge in [-0.25, -0.2) is 0 Å². The SMILES string of the molecule is CC.CCN(C)Cc1ccccc1OC. The van der Waals surface area contributed by atoms with Gasteiger partial charge in [0.25, 0.3) is 0 Å². The van der Waals surface area contributed by atoms with Gasteiger partial charge < -0.3 is 9.64 Å². The molecular formula is C13H23NO. The molecule has 1 aromatic rings. The second-order valence-electron chi connectivity index (χ2n) is 3.14. The summed E-state index contributed by atoms with van der Waals surface area (Å²) < 4.78 is 5.26. The first-order valence-electron chi connectivity index (χ1n) is 5.58. The second-order valence-corrected chi connectivity index (χ2v) is 3.14. The van der Waals surface area contributed by atoms with Crippen LogP contribution in [-0.2, 0) is 6.54 Å². The molecule has 0 aliphatic carbocycles. The third-order valence-corrected chi connectivity index (χ3v) is 2.17. The van der Waals surface area contributed by atoms with Crippen molar-refractivity contribution in [1.29, 1.82) is 0 Å². The molecule has 0 aromatic heterocycles. The molecule has 0 amide bonds. The summed E-state index contributed by atoms with van der Waals surface area (Å²) in [7, 11) is 3.82. The Kier molecular flexibility index (Phi) is 7.74. The molecule has 1 aromatic carbocycles. The molecule has 2 nitrogen and oxygen atoms in total. The third-order valence-electron chi connectivity index (χ3n) is 2.17. The van der Waals surface area contributed by atoms with E-state index in [0.29, 0.717) is 0 Å². The van der Waals surface area contributed by atoms with Crippen molar-refractivity contribution < 1.29 is 4.74 Å². The topological polar surface area (TPSA) is 12.5 Å². The summed E-state index contributed by atoms with van der Waals surface area (Å²) in [6.07, 6.45) is 0. The zero-order chi connectivity index (χ0) is 11.7. The van der Waals surface area contributed by atoms with E-state index in [2.05, 4.69) is 24.9 Å². The smallest absolute Gasteiger partial charge is 0.123 e. The van der Waals surface area contributed by atoms with Crippen molar-refractivity contribution in [2.75, 3.05) is 20.7 Å². The summed E-state index contributed by atoms with van der Waals surface area (Å²) in [5.74, 6) is 0.975. The van der Waals surface area contributed by atoms with E-state index in [4.69, 9.17) is 4.74 Å². The molecule has 0 spiro atoms. The van der Waals surface area contributed by atoms with E-state index in [9.17, 15) is 0 Å². The number of rotatable bonds is 4. The van der Waals surface area contributed by atoms with Crippen LogP contribution < -0.4 is 4.74 Å². The highest BCUT2D eigenvalue weighted by atomic mass is 16.5. The summed E-state index contributed by atoms with van der Waals surface area (Å²) in [5.41, 5.74) is 1.24. The first-order valence-corrected chi connectivity index (χ1v) is 5.58. The highest BCUT2D eigenvalue weighted by Crippen LogP contribution is 2.18. The van der Waals surface area contributed by atoms with Gasteiger partial charge in [-0.3, -0.25) is 0 Å². The Morgan fingerprint density at radius 1 is 1.20 bits per heavy atom. The molecule has 0 saturated carbocycles. The lowest BCUT2D eigenvalue weighted by molar-refractivity contribution is 0.333. The van der Waals surface area contributed by atoms with Crippen LogP contribution >= 0.6 is 0 Å². The molecule has 0 aliphatic rings. The summed E-state index contributed by atoms with van der Waals surface area (Å²) in [6.45, 7) is 8.15. The Morgan fingerprint density at radius 3 is 2.33 bits per heavy atom. The summed E-state index contributed by atoms with van der Waals surface area (Å²) in [4.78, 5) is 2.25. The molecule has 86 valence electrons. The number of methoxy groups -OCH3 is 1. The summed E-state index contributed by atoms with van der Waals surface area (Å²) in [6, 6.07) is 8.14. The van der Waals surface area contributed by atoms with Crippen molar-refractivity contribution in [1.82, 2.24) is 4.90 Å². The van der Waals surface area contributed by atoms with Crippen LogP contribution in [0.5, 0.6) is 5.75 Å². The fraction of sp³-hybridized carbons (Fsp3) is 0.538. The lowest BCUT2D eigenvalue weighted by atomic mass is 10.2. The Bertz CT molecular complexity index is 260. The minimum absolute atomic E-state index is 0.945. The van der Waals surface area contributed by atoms with Crippen LogP contribution in [0, 0.1) is 0 Å². The average Bonchev–Trinajstić information content (AvgIpc) is 2.32. The number of hydrogen-bond acceptors (Lipinski definition) is 2. The van der Waals surface area contributed by atoms with E-state index < -0.39 is 0 Å². The van der Waals surface area contributed by atoms with Gasteiger partial charge in [0.1, 0.15) is 5.75 Å². The van der Waals surface area contributed by atoms with Crippen molar-refractivity contribution in [3.05, 3.63) is 29.8 Å². The van der Waals surface area contributed by atoms with Gasteiger partial charge in [0, 0.05) is 12.1 Å². The van der Waals surface area contributed by atoms with Crippen molar-refractivity contribution >= 4 is 0 Å². The van der Waals surface area contributed by atoms with Crippen LogP contribution in [0.25, 0.3) is 0 Å². The molecule has 0 bridgehead atoms. The van der Waals surface area contributed by atoms with Gasteiger partial charge >= 0.3 is 0 Å². The van der Waals surface area contributed by atoms with Gasteiger partial charge in [0.15, 0.2) is 0 Å². The quantitative estimate of drug-likeness (QED) is 0.755. The maximum absolute atomic E-state index is 5.26. The zero-order valence-corrected chi connectivity index (χ0v) is 10.6. The van der Waals surface area contributed by atoms with E-state index >= 15 is 0 Å². The third kappa shape index (κ3) is 4.84. The molecule has 0 heterocycles. The molecule has 0 atom stereocenters. The Hall–Kier alpha value is -1.02. The van der Waals surface area contributed by atoms with Crippen LogP contribution in [0.2, 0.25) is 0 Å². The first-order chi connectivity index (χ1) is 7.27. The number of ether oxygens (including phenoxy) is 1. The number of nitrogens with zero attached hydrogens (tertiary/aromatic N) is 1. The minimum Gasteiger partial charge on any atom is -0.496 e. The standard InChI is InChI=1S/C11H17NO.C2H6/c1-4-12(2)9-10-7-5-6-8-11(10)13-3;1-2/h5-8H,4,9H2,1-3H3;1-2H3. The molecule has 0 fully saturated rings. The zero-order valence-electron chi connectivity index (χ0n) is 10.6. The first kappa shape index (κ1) is 14.0. The molecule has 0 radical (unpaired) electrons. The van der Waals surface area contributed by atoms with Gasteiger partial charge in [-0.2, -0.15) is 0 Å². The summed E-state index contributed by atoms with van der Waals surface area (Å²) >= 11 is 0. The molecule has 0 unspecified atom stereocenters. The van der Waals surface area contributed by atoms with Crippen LogP contribution in [0.1, 0.15) is 26.3 Å². The van der Waals surface area contributed by atoms with Crippen molar-refractivity contribution in [3.8, 4) is 5.75 Å².